The van der Waals surface area contributed by atoms with E-state index in [9.17, 15) is 9.90 Å². The van der Waals surface area contributed by atoms with Gasteiger partial charge in [0, 0.05) is 47.3 Å². The molecule has 0 unspecified atom stereocenters. The fourth-order valence-electron chi connectivity index (χ4n) is 6.91. The molecule has 7 aromatic rings. The molecule has 4 atom stereocenters. The van der Waals surface area contributed by atoms with Crippen molar-refractivity contribution in [2.45, 2.75) is 43.8 Å². The van der Waals surface area contributed by atoms with E-state index in [0.29, 0.717) is 23.1 Å². The van der Waals surface area contributed by atoms with Crippen LogP contribution in [0.3, 0.4) is 0 Å². The standard InChI is InChI=1S/C47H41N3O5S/c1-31-41(30-56-47-50-42(34-12-4-2-5-13-34)44(55-47)35-14-6-3-7-15-35)53-46(54-43(31)36-22-20-32(29-51)21-23-36)39-18-9-17-38(26-39)37-16-8-11-33(25-37)27-49-45(52)40-19-10-24-48-28-40/h2-26,28,31,41,43,46,51H,27,29-30H2,1H3,(H,49,52)/t31-,41+,43+,46+/m1/s1. The molecule has 0 aliphatic carbocycles. The number of rotatable bonds is 12. The van der Waals surface area contributed by atoms with Gasteiger partial charge in [0.2, 0.25) is 0 Å². The first-order valence-corrected chi connectivity index (χ1v) is 19.6. The fraction of sp³-hybridized carbons (Fsp3) is 0.170. The Balaban J connectivity index is 1.05. The molecular weight excluding hydrogens is 719 g/mol. The summed E-state index contributed by atoms with van der Waals surface area (Å²) in [5, 5.41) is 13.3. The van der Waals surface area contributed by atoms with Crippen molar-refractivity contribution >= 4 is 17.7 Å². The Morgan fingerprint density at radius 1 is 0.732 bits per heavy atom. The number of carbonyl (C=O) groups is 1. The minimum Gasteiger partial charge on any atom is -0.431 e. The summed E-state index contributed by atoms with van der Waals surface area (Å²) in [7, 11) is 0. The minimum atomic E-state index is -0.648. The van der Waals surface area contributed by atoms with Gasteiger partial charge in [0.15, 0.2) is 12.1 Å². The van der Waals surface area contributed by atoms with Gasteiger partial charge in [-0.05, 0) is 52.1 Å². The number of thioether (sulfide) groups is 1. The predicted molar refractivity (Wildman–Crippen MR) is 218 cm³/mol. The van der Waals surface area contributed by atoms with E-state index in [2.05, 4.69) is 41.5 Å². The maximum atomic E-state index is 12.7. The second kappa shape index (κ2) is 17.3. The topological polar surface area (TPSA) is 107 Å². The Morgan fingerprint density at radius 3 is 2.18 bits per heavy atom. The Morgan fingerprint density at radius 2 is 1.45 bits per heavy atom. The van der Waals surface area contributed by atoms with Crippen LogP contribution >= 0.6 is 11.8 Å². The molecule has 5 aromatic carbocycles. The lowest BCUT2D eigenvalue weighted by molar-refractivity contribution is -0.268. The molecule has 1 aliphatic heterocycles. The van der Waals surface area contributed by atoms with Gasteiger partial charge in [-0.15, -0.1) is 0 Å². The van der Waals surface area contributed by atoms with E-state index in [1.54, 1.807) is 24.5 Å². The first-order chi connectivity index (χ1) is 27.5. The molecule has 3 heterocycles. The van der Waals surface area contributed by atoms with Crippen molar-refractivity contribution in [3.05, 3.63) is 186 Å². The molecule has 1 fully saturated rings. The lowest BCUT2D eigenvalue weighted by Crippen LogP contribution is -2.38. The third-order valence-electron chi connectivity index (χ3n) is 9.98. The molecule has 56 heavy (non-hydrogen) atoms. The summed E-state index contributed by atoms with van der Waals surface area (Å²) in [6.07, 6.45) is 2.07. The highest BCUT2D eigenvalue weighted by Crippen LogP contribution is 2.44. The Labute approximate surface area is 330 Å². The van der Waals surface area contributed by atoms with Crippen LogP contribution in [0.5, 0.6) is 0 Å². The summed E-state index contributed by atoms with van der Waals surface area (Å²) >= 11 is 1.54. The largest absolute Gasteiger partial charge is 0.431 e. The highest BCUT2D eigenvalue weighted by molar-refractivity contribution is 7.99. The average molecular weight is 760 g/mol. The number of hydrogen-bond acceptors (Lipinski definition) is 8. The molecule has 2 N–H and O–H groups in total. The molecule has 8 nitrogen and oxygen atoms in total. The zero-order chi connectivity index (χ0) is 38.3. The van der Waals surface area contributed by atoms with Gasteiger partial charge in [0.05, 0.1) is 24.4 Å². The van der Waals surface area contributed by atoms with Gasteiger partial charge in [0.25, 0.3) is 11.1 Å². The second-order valence-electron chi connectivity index (χ2n) is 13.8. The number of aromatic nitrogens is 2. The lowest BCUT2D eigenvalue weighted by atomic mass is 9.91. The van der Waals surface area contributed by atoms with E-state index >= 15 is 0 Å². The van der Waals surface area contributed by atoms with Crippen LogP contribution in [-0.4, -0.2) is 32.8 Å². The van der Waals surface area contributed by atoms with Crippen LogP contribution < -0.4 is 5.32 Å². The first-order valence-electron chi connectivity index (χ1n) is 18.6. The van der Waals surface area contributed by atoms with Crippen LogP contribution in [0.15, 0.2) is 168 Å². The van der Waals surface area contributed by atoms with Gasteiger partial charge in [-0.3, -0.25) is 9.78 Å². The number of aliphatic hydroxyl groups is 1. The SMILES string of the molecule is C[C@@H]1[C@H](CSc2nc(-c3ccccc3)c(-c3ccccc3)o2)O[C@H](c2cccc(-c3cccc(CNC(=O)c4cccnc4)c3)c2)O[C@@H]1c1ccc(CO)cc1. The number of oxazole rings is 1. The molecule has 1 saturated heterocycles. The van der Waals surface area contributed by atoms with Crippen molar-refractivity contribution in [3.63, 3.8) is 0 Å². The number of hydrogen-bond donors (Lipinski definition) is 2. The van der Waals surface area contributed by atoms with E-state index in [1.165, 1.54) is 11.8 Å². The van der Waals surface area contributed by atoms with Crippen molar-refractivity contribution in [3.8, 4) is 33.7 Å². The molecule has 9 heteroatoms. The van der Waals surface area contributed by atoms with E-state index in [1.807, 2.05) is 109 Å². The second-order valence-corrected chi connectivity index (χ2v) is 14.7. The summed E-state index contributed by atoms with van der Waals surface area (Å²) in [5.74, 6) is 1.13. The number of ether oxygens (including phenoxy) is 2. The van der Waals surface area contributed by atoms with Crippen molar-refractivity contribution in [2.24, 2.45) is 5.92 Å². The van der Waals surface area contributed by atoms with Crippen LogP contribution in [0.2, 0.25) is 0 Å². The van der Waals surface area contributed by atoms with Crippen molar-refractivity contribution in [2.75, 3.05) is 5.75 Å². The van der Waals surface area contributed by atoms with Crippen LogP contribution in [0, 0.1) is 5.92 Å². The van der Waals surface area contributed by atoms with Gasteiger partial charge in [-0.25, -0.2) is 4.98 Å². The number of amides is 1. The smallest absolute Gasteiger partial charge is 0.256 e. The Kier molecular flexibility index (Phi) is 11.5. The number of pyridine rings is 1. The fourth-order valence-corrected chi connectivity index (χ4v) is 7.90. The van der Waals surface area contributed by atoms with Gasteiger partial charge < -0.3 is 24.3 Å². The van der Waals surface area contributed by atoms with E-state index in [4.69, 9.17) is 18.9 Å². The summed E-state index contributed by atoms with van der Waals surface area (Å²) in [5.41, 5.74) is 9.03. The zero-order valence-electron chi connectivity index (χ0n) is 30.8. The quantitative estimate of drug-likeness (QED) is 0.119. The molecule has 0 spiro atoms. The van der Waals surface area contributed by atoms with Crippen LogP contribution in [0.4, 0.5) is 0 Å². The van der Waals surface area contributed by atoms with Crippen molar-refractivity contribution < 1.29 is 23.8 Å². The zero-order valence-corrected chi connectivity index (χ0v) is 31.6. The molecule has 280 valence electrons. The van der Waals surface area contributed by atoms with E-state index < -0.39 is 6.29 Å². The van der Waals surface area contributed by atoms with Crippen LogP contribution in [0.25, 0.3) is 33.7 Å². The normalized spacial score (nSPS) is 18.0. The molecule has 1 aliphatic rings. The monoisotopic (exact) mass is 759 g/mol. The number of carbonyl (C=O) groups excluding carboxylic acids is 1. The minimum absolute atomic E-state index is 0.0161. The average Bonchev–Trinajstić information content (AvgIpc) is 3.71. The highest BCUT2D eigenvalue weighted by Gasteiger charge is 2.39. The van der Waals surface area contributed by atoms with Gasteiger partial charge in [0.1, 0.15) is 5.69 Å². The van der Waals surface area contributed by atoms with Crippen LogP contribution in [-0.2, 0) is 22.6 Å². The number of nitrogens with zero attached hydrogens (tertiary/aromatic N) is 2. The third kappa shape index (κ3) is 8.51. The van der Waals surface area contributed by atoms with Gasteiger partial charge in [-0.2, -0.15) is 0 Å². The predicted octanol–water partition coefficient (Wildman–Crippen LogP) is 10.1. The summed E-state index contributed by atoms with van der Waals surface area (Å²) in [4.78, 5) is 21.7. The van der Waals surface area contributed by atoms with Gasteiger partial charge >= 0.3 is 0 Å². The number of benzene rings is 5. The van der Waals surface area contributed by atoms with E-state index in [-0.39, 0.29) is 30.6 Å². The summed E-state index contributed by atoms with van der Waals surface area (Å²) in [6.45, 7) is 2.51. The molecule has 2 aromatic heterocycles. The van der Waals surface area contributed by atoms with E-state index in [0.717, 1.165) is 56.0 Å². The highest BCUT2D eigenvalue weighted by atomic mass is 32.2. The molecule has 0 bridgehead atoms. The molecule has 1 amide bonds. The first kappa shape index (κ1) is 37.1. The maximum absolute atomic E-state index is 12.7. The summed E-state index contributed by atoms with van der Waals surface area (Å²) in [6, 6.07) is 48.0. The molecule has 0 radical (unpaired) electrons. The third-order valence-corrected chi connectivity index (χ3v) is 10.9. The van der Waals surface area contributed by atoms with Crippen molar-refractivity contribution in [1.82, 2.24) is 15.3 Å². The molecular formula is C47H41N3O5S. The number of aliphatic hydroxyl groups excluding tert-OH is 1. The van der Waals surface area contributed by atoms with Gasteiger partial charge in [-0.1, -0.05) is 140 Å². The lowest BCUT2D eigenvalue weighted by Gasteiger charge is -2.41. The van der Waals surface area contributed by atoms with Crippen LogP contribution in [0.1, 0.15) is 51.9 Å². The Hall–Kier alpha value is -5.84. The molecule has 8 rings (SSSR count). The summed E-state index contributed by atoms with van der Waals surface area (Å²) < 4.78 is 20.1. The number of nitrogens with one attached hydrogen (secondary N) is 1. The Bertz CT molecular complexity index is 2310. The van der Waals surface area contributed by atoms with Crippen molar-refractivity contribution in [1.29, 1.82) is 0 Å². The maximum Gasteiger partial charge on any atom is 0.256 e. The molecule has 0 saturated carbocycles.